The summed E-state index contributed by atoms with van der Waals surface area (Å²) in [6.45, 7) is 3.97. The van der Waals surface area contributed by atoms with Crippen molar-refractivity contribution in [1.29, 1.82) is 0 Å². The van der Waals surface area contributed by atoms with Crippen molar-refractivity contribution in [2.45, 2.75) is 37.6 Å². The van der Waals surface area contributed by atoms with E-state index in [4.69, 9.17) is 0 Å². The third-order valence-corrected chi connectivity index (χ3v) is 4.41. The molecule has 2 nitrogen and oxygen atoms in total. The molecular weight excluding hydrogens is 268 g/mol. The van der Waals surface area contributed by atoms with Gasteiger partial charge in [0.1, 0.15) is 11.6 Å². The molecule has 0 saturated carbocycles. The van der Waals surface area contributed by atoms with E-state index in [9.17, 15) is 13.9 Å². The Morgan fingerprint density at radius 3 is 2.53 bits per heavy atom. The predicted molar refractivity (Wildman–Crippen MR) is 76.4 cm³/mol. The molecule has 0 aliphatic rings. The van der Waals surface area contributed by atoms with E-state index in [2.05, 4.69) is 5.32 Å². The predicted octanol–water partition coefficient (Wildman–Crippen LogP) is 3.12. The zero-order valence-electron chi connectivity index (χ0n) is 11.5. The van der Waals surface area contributed by atoms with Crippen molar-refractivity contribution in [3.8, 4) is 0 Å². The van der Waals surface area contributed by atoms with Crippen LogP contribution in [0.3, 0.4) is 0 Å². The summed E-state index contributed by atoms with van der Waals surface area (Å²) in [5.41, 5.74) is 0.466. The lowest BCUT2D eigenvalue weighted by atomic mass is 10.0. The normalized spacial score (nSPS) is 16.1. The van der Waals surface area contributed by atoms with Crippen LogP contribution < -0.4 is 5.32 Å². The minimum absolute atomic E-state index is 0.0365. The van der Waals surface area contributed by atoms with Gasteiger partial charge in [-0.1, -0.05) is 13.0 Å². The summed E-state index contributed by atoms with van der Waals surface area (Å²) in [7, 11) is 0. The van der Waals surface area contributed by atoms with Gasteiger partial charge in [-0.3, -0.25) is 0 Å². The van der Waals surface area contributed by atoms with Crippen LogP contribution in [-0.4, -0.2) is 29.3 Å². The number of rotatable bonds is 7. The number of halogens is 2. The highest BCUT2D eigenvalue weighted by atomic mass is 32.2. The van der Waals surface area contributed by atoms with E-state index in [0.717, 1.165) is 6.07 Å². The molecule has 19 heavy (non-hydrogen) atoms. The first kappa shape index (κ1) is 16.4. The maximum absolute atomic E-state index is 13.8. The first-order valence-electron chi connectivity index (χ1n) is 6.38. The lowest BCUT2D eigenvalue weighted by Gasteiger charge is -2.27. The first-order chi connectivity index (χ1) is 9.03. The Labute approximate surface area is 117 Å². The van der Waals surface area contributed by atoms with E-state index in [0.29, 0.717) is 12.0 Å². The molecule has 0 radical (unpaired) electrons. The van der Waals surface area contributed by atoms with Gasteiger partial charge in [-0.05, 0) is 25.7 Å². The Kier molecular flexibility index (Phi) is 6.75. The van der Waals surface area contributed by atoms with Crippen molar-refractivity contribution < 1.29 is 13.9 Å². The van der Waals surface area contributed by atoms with Crippen molar-refractivity contribution in [2.75, 3.05) is 12.9 Å². The summed E-state index contributed by atoms with van der Waals surface area (Å²) in [6, 6.07) is 3.51. The highest BCUT2D eigenvalue weighted by Gasteiger charge is 2.21. The molecular formula is C14H21F2NOS. The van der Waals surface area contributed by atoms with Gasteiger partial charge in [0.2, 0.25) is 0 Å². The van der Waals surface area contributed by atoms with Gasteiger partial charge in [0.25, 0.3) is 0 Å². The van der Waals surface area contributed by atoms with Gasteiger partial charge in [-0.25, -0.2) is 8.78 Å². The molecule has 3 atom stereocenters. The van der Waals surface area contributed by atoms with Crippen molar-refractivity contribution in [1.82, 2.24) is 5.32 Å². The lowest BCUT2D eigenvalue weighted by Crippen LogP contribution is -2.39. The van der Waals surface area contributed by atoms with Gasteiger partial charge in [0.05, 0.1) is 6.61 Å². The number of nitrogens with one attached hydrogen (secondary N) is 1. The minimum Gasteiger partial charge on any atom is -0.395 e. The molecule has 0 saturated heterocycles. The zero-order valence-corrected chi connectivity index (χ0v) is 12.3. The fourth-order valence-corrected chi connectivity index (χ4v) is 2.71. The van der Waals surface area contributed by atoms with Gasteiger partial charge in [-0.2, -0.15) is 11.8 Å². The molecule has 108 valence electrons. The number of aliphatic hydroxyl groups is 1. The second kappa shape index (κ2) is 7.82. The van der Waals surface area contributed by atoms with Gasteiger partial charge >= 0.3 is 0 Å². The first-order valence-corrected chi connectivity index (χ1v) is 7.66. The molecule has 0 spiro atoms. The van der Waals surface area contributed by atoms with E-state index >= 15 is 0 Å². The average molecular weight is 289 g/mol. The van der Waals surface area contributed by atoms with Crippen LogP contribution in [0.1, 0.15) is 31.9 Å². The van der Waals surface area contributed by atoms with E-state index in [1.165, 1.54) is 12.1 Å². The molecule has 0 amide bonds. The number of aliphatic hydroxyl groups excluding tert-OH is 1. The van der Waals surface area contributed by atoms with Gasteiger partial charge in [0.15, 0.2) is 0 Å². The molecule has 2 N–H and O–H groups in total. The van der Waals surface area contributed by atoms with Crippen LogP contribution in [0.4, 0.5) is 8.78 Å². The maximum Gasteiger partial charge on any atom is 0.130 e. The summed E-state index contributed by atoms with van der Waals surface area (Å²) in [5.74, 6) is -1.10. The number of thioether (sulfide) groups is 1. The summed E-state index contributed by atoms with van der Waals surface area (Å²) in [4.78, 5) is 0. The van der Waals surface area contributed by atoms with E-state index < -0.39 is 11.6 Å². The Morgan fingerprint density at radius 2 is 2.05 bits per heavy atom. The molecule has 3 unspecified atom stereocenters. The largest absolute Gasteiger partial charge is 0.395 e. The van der Waals surface area contributed by atoms with E-state index in [1.54, 1.807) is 11.8 Å². The molecule has 0 bridgehead atoms. The van der Waals surface area contributed by atoms with Crippen molar-refractivity contribution in [3.05, 3.63) is 35.4 Å². The van der Waals surface area contributed by atoms with Crippen molar-refractivity contribution in [3.63, 3.8) is 0 Å². The maximum atomic E-state index is 13.8. The summed E-state index contributed by atoms with van der Waals surface area (Å²) in [5, 5.41) is 12.6. The molecule has 0 aliphatic carbocycles. The average Bonchev–Trinajstić information content (AvgIpc) is 2.38. The topological polar surface area (TPSA) is 32.3 Å². The summed E-state index contributed by atoms with van der Waals surface area (Å²) >= 11 is 1.57. The van der Waals surface area contributed by atoms with Gasteiger partial charge in [-0.15, -0.1) is 0 Å². The number of benzene rings is 1. The SMILES string of the molecule is CCC(NC(C)C(CO)SC)c1ccc(F)cc1F. The van der Waals surface area contributed by atoms with Crippen LogP contribution >= 0.6 is 11.8 Å². The van der Waals surface area contributed by atoms with Crippen LogP contribution in [-0.2, 0) is 0 Å². The number of hydrogen-bond donors (Lipinski definition) is 2. The second-order valence-electron chi connectivity index (χ2n) is 4.54. The van der Waals surface area contributed by atoms with Crippen molar-refractivity contribution in [2.24, 2.45) is 0 Å². The molecule has 0 fully saturated rings. The molecule has 1 rings (SSSR count). The van der Waals surface area contributed by atoms with Crippen LogP contribution in [0.15, 0.2) is 18.2 Å². The number of hydrogen-bond acceptors (Lipinski definition) is 3. The van der Waals surface area contributed by atoms with Crippen molar-refractivity contribution >= 4 is 11.8 Å². The molecule has 0 aromatic heterocycles. The molecule has 1 aromatic carbocycles. The quantitative estimate of drug-likeness (QED) is 0.809. The molecule has 0 heterocycles. The van der Waals surface area contributed by atoms with E-state index in [1.807, 2.05) is 20.1 Å². The smallest absolute Gasteiger partial charge is 0.130 e. The standard InChI is InChI=1S/C14H21F2NOS/c1-4-13(17-9(2)14(8-18)19-3)11-6-5-10(15)7-12(11)16/h5-7,9,13-14,17-18H,4,8H2,1-3H3. The second-order valence-corrected chi connectivity index (χ2v) is 5.62. The molecule has 1 aromatic rings. The summed E-state index contributed by atoms with van der Waals surface area (Å²) < 4.78 is 26.7. The highest BCUT2D eigenvalue weighted by Crippen LogP contribution is 2.23. The Hall–Kier alpha value is -0.650. The van der Waals surface area contributed by atoms with Crippen LogP contribution in [0.25, 0.3) is 0 Å². The third-order valence-electron chi connectivity index (χ3n) is 3.25. The Balaban J connectivity index is 2.83. The minimum atomic E-state index is -0.568. The highest BCUT2D eigenvalue weighted by molar-refractivity contribution is 7.99. The fraction of sp³-hybridized carbons (Fsp3) is 0.571. The monoisotopic (exact) mass is 289 g/mol. The van der Waals surface area contributed by atoms with Gasteiger partial charge in [0, 0.05) is 29.0 Å². The zero-order chi connectivity index (χ0) is 14.4. The Bertz CT molecular complexity index is 399. The van der Waals surface area contributed by atoms with Crippen LogP contribution in [0.2, 0.25) is 0 Å². The van der Waals surface area contributed by atoms with Crippen LogP contribution in [0, 0.1) is 11.6 Å². The third kappa shape index (κ3) is 4.44. The molecule has 0 aliphatic heterocycles. The summed E-state index contributed by atoms with van der Waals surface area (Å²) in [6.07, 6.45) is 2.62. The molecule has 5 heteroatoms. The van der Waals surface area contributed by atoms with Crippen LogP contribution in [0.5, 0.6) is 0 Å². The van der Waals surface area contributed by atoms with E-state index in [-0.39, 0.29) is 23.9 Å². The Morgan fingerprint density at radius 1 is 1.37 bits per heavy atom. The van der Waals surface area contributed by atoms with Gasteiger partial charge < -0.3 is 10.4 Å². The lowest BCUT2D eigenvalue weighted by molar-refractivity contribution is 0.269. The fourth-order valence-electron chi connectivity index (χ4n) is 2.07.